The van der Waals surface area contributed by atoms with E-state index in [2.05, 4.69) is 21.9 Å². The quantitative estimate of drug-likeness (QED) is 0.119. The Morgan fingerprint density at radius 2 is 1.82 bits per heavy atom. The summed E-state index contributed by atoms with van der Waals surface area (Å²) in [5, 5.41) is 11.7. The van der Waals surface area contributed by atoms with Crippen molar-refractivity contribution in [3.63, 3.8) is 0 Å². The summed E-state index contributed by atoms with van der Waals surface area (Å²) in [6, 6.07) is 13.7. The van der Waals surface area contributed by atoms with Gasteiger partial charge in [0, 0.05) is 12.6 Å². The molecule has 0 aliphatic rings. The minimum atomic E-state index is -4.05. The fourth-order valence-electron chi connectivity index (χ4n) is 2.80. The van der Waals surface area contributed by atoms with Gasteiger partial charge < -0.3 is 10.1 Å². The molecule has 0 radical (unpaired) electrons. The number of benzene rings is 2. The van der Waals surface area contributed by atoms with Crippen LogP contribution in [0.1, 0.15) is 25.3 Å². The van der Waals surface area contributed by atoms with Gasteiger partial charge in [-0.05, 0) is 55.7 Å². The van der Waals surface area contributed by atoms with Gasteiger partial charge in [0.15, 0.2) is 0 Å². The summed E-state index contributed by atoms with van der Waals surface area (Å²) in [4.78, 5) is 23.8. The minimum Gasteiger partial charge on any atom is -0.481 e. The second-order valence-corrected chi connectivity index (χ2v) is 8.73. The lowest BCUT2D eigenvalue weighted by atomic mass is 10.1. The normalized spacial score (nSPS) is 11.8. The van der Waals surface area contributed by atoms with E-state index in [0.717, 1.165) is 5.56 Å². The van der Waals surface area contributed by atoms with E-state index >= 15 is 0 Å². The van der Waals surface area contributed by atoms with E-state index in [4.69, 9.17) is 9.94 Å². The van der Waals surface area contributed by atoms with Crippen molar-refractivity contribution in [3.8, 4) is 17.6 Å². The zero-order chi connectivity index (χ0) is 24.8. The number of amides is 2. The van der Waals surface area contributed by atoms with Crippen LogP contribution in [0.5, 0.6) is 5.75 Å². The third kappa shape index (κ3) is 9.07. The smallest absolute Gasteiger partial charge is 0.261 e. The predicted octanol–water partition coefficient (Wildman–Crippen LogP) is 1.85. The molecule has 1 unspecified atom stereocenters. The van der Waals surface area contributed by atoms with Crippen molar-refractivity contribution in [3.05, 3.63) is 66.2 Å². The molecule has 0 saturated carbocycles. The summed E-state index contributed by atoms with van der Waals surface area (Å²) in [7, 11) is -4.05. The van der Waals surface area contributed by atoms with Crippen LogP contribution >= 0.6 is 0 Å². The fourth-order valence-corrected chi connectivity index (χ4v) is 4.03. The van der Waals surface area contributed by atoms with E-state index < -0.39 is 22.0 Å². The molecule has 0 fully saturated rings. The maximum absolute atomic E-state index is 12.7. The Hall–Kier alpha value is -3.65. The lowest BCUT2D eigenvalue weighted by molar-refractivity contribution is -0.131. The Balaban J connectivity index is 1.89. The van der Waals surface area contributed by atoms with Gasteiger partial charge in [-0.3, -0.25) is 14.8 Å². The Bertz CT molecular complexity index is 1140. The highest BCUT2D eigenvalue weighted by molar-refractivity contribution is 7.89. The summed E-state index contributed by atoms with van der Waals surface area (Å²) < 4.78 is 33.0. The first-order valence-electron chi connectivity index (χ1n) is 10.5. The summed E-state index contributed by atoms with van der Waals surface area (Å²) in [5.74, 6) is 4.64. The van der Waals surface area contributed by atoms with Crippen LogP contribution in [-0.2, 0) is 19.6 Å². The van der Waals surface area contributed by atoms with Crippen LogP contribution in [0.2, 0.25) is 0 Å². The van der Waals surface area contributed by atoms with Gasteiger partial charge in [-0.15, -0.1) is 5.92 Å². The molecular weight excluding hydrogens is 458 g/mol. The van der Waals surface area contributed by atoms with Gasteiger partial charge in [0.05, 0.1) is 4.90 Å². The van der Waals surface area contributed by atoms with Crippen LogP contribution < -0.4 is 20.3 Å². The van der Waals surface area contributed by atoms with Crippen molar-refractivity contribution >= 4 is 27.9 Å². The highest BCUT2D eigenvalue weighted by Crippen LogP contribution is 2.16. The number of sulfonamides is 1. The average molecular weight is 486 g/mol. The first-order valence-corrected chi connectivity index (χ1v) is 11.9. The number of hydrogen-bond acceptors (Lipinski definition) is 6. The number of hydroxylamine groups is 1. The lowest BCUT2D eigenvalue weighted by Crippen LogP contribution is -2.46. The zero-order valence-corrected chi connectivity index (χ0v) is 19.5. The SMILES string of the molecule is CC#CCOc1ccc(S(=O)(=O)NC(CCCNC(=O)/C=C/c2ccccc2)C(=O)NO)cc1. The second kappa shape index (κ2) is 13.8. The number of nitrogens with one attached hydrogen (secondary N) is 3. The maximum atomic E-state index is 12.7. The Morgan fingerprint density at radius 3 is 2.47 bits per heavy atom. The first kappa shape index (κ1) is 26.6. The molecule has 9 nitrogen and oxygen atoms in total. The van der Waals surface area contributed by atoms with Crippen LogP contribution in [0.15, 0.2) is 65.6 Å². The number of hydrogen-bond donors (Lipinski definition) is 4. The molecule has 0 aromatic heterocycles. The molecule has 0 aliphatic carbocycles. The molecule has 0 heterocycles. The molecule has 2 aromatic carbocycles. The van der Waals surface area contributed by atoms with Crippen molar-refractivity contribution in [1.29, 1.82) is 0 Å². The Kier molecular flexibility index (Phi) is 10.8. The number of ether oxygens (including phenoxy) is 1. The molecule has 34 heavy (non-hydrogen) atoms. The van der Waals surface area contributed by atoms with Crippen LogP contribution in [0, 0.1) is 11.8 Å². The van der Waals surface area contributed by atoms with E-state index in [9.17, 15) is 18.0 Å². The van der Waals surface area contributed by atoms with Crippen LogP contribution in [0.3, 0.4) is 0 Å². The molecule has 2 amide bonds. The monoisotopic (exact) mass is 485 g/mol. The molecule has 10 heteroatoms. The van der Waals surface area contributed by atoms with E-state index in [-0.39, 0.29) is 36.8 Å². The molecule has 0 saturated heterocycles. The van der Waals surface area contributed by atoms with E-state index in [1.165, 1.54) is 35.8 Å². The van der Waals surface area contributed by atoms with Crippen molar-refractivity contribution < 1.29 is 28.0 Å². The van der Waals surface area contributed by atoms with Crippen molar-refractivity contribution in [1.82, 2.24) is 15.5 Å². The minimum absolute atomic E-state index is 0.0468. The van der Waals surface area contributed by atoms with Gasteiger partial charge in [-0.25, -0.2) is 13.9 Å². The van der Waals surface area contributed by atoms with Gasteiger partial charge >= 0.3 is 0 Å². The van der Waals surface area contributed by atoms with E-state index in [0.29, 0.717) is 5.75 Å². The summed E-state index contributed by atoms with van der Waals surface area (Å²) >= 11 is 0. The third-order valence-corrected chi connectivity index (χ3v) is 6.03. The van der Waals surface area contributed by atoms with Crippen LogP contribution in [0.4, 0.5) is 0 Å². The Morgan fingerprint density at radius 1 is 1.12 bits per heavy atom. The molecular formula is C24H27N3O6S. The zero-order valence-electron chi connectivity index (χ0n) is 18.7. The predicted molar refractivity (Wildman–Crippen MR) is 127 cm³/mol. The molecule has 0 aliphatic heterocycles. The number of rotatable bonds is 12. The van der Waals surface area contributed by atoms with Gasteiger partial charge in [0.2, 0.25) is 15.9 Å². The molecule has 0 bridgehead atoms. The highest BCUT2D eigenvalue weighted by atomic mass is 32.2. The largest absolute Gasteiger partial charge is 0.481 e. The third-order valence-electron chi connectivity index (χ3n) is 4.54. The van der Waals surface area contributed by atoms with Gasteiger partial charge in [-0.2, -0.15) is 4.72 Å². The number of carbonyl (C=O) groups is 2. The van der Waals surface area contributed by atoms with Gasteiger partial charge in [0.1, 0.15) is 18.4 Å². The first-order chi connectivity index (χ1) is 16.4. The average Bonchev–Trinajstić information content (AvgIpc) is 2.85. The number of carbonyl (C=O) groups excluding carboxylic acids is 2. The standard InChI is InChI=1S/C24H27N3O6S/c1-2-3-18-33-20-12-14-21(15-13-20)34(31,32)27-22(24(29)26-30)10-7-17-25-23(28)16-11-19-8-5-4-6-9-19/h4-6,8-9,11-16,22,27,30H,7,10,17-18H2,1H3,(H,25,28)(H,26,29)/b16-11+. The summed E-state index contributed by atoms with van der Waals surface area (Å²) in [6.45, 7) is 2.07. The molecule has 2 aromatic rings. The molecule has 0 spiro atoms. The van der Waals surface area contributed by atoms with E-state index in [1.807, 2.05) is 30.3 Å². The fraction of sp³-hybridized carbons (Fsp3) is 0.250. The molecule has 4 N–H and O–H groups in total. The topological polar surface area (TPSA) is 134 Å². The highest BCUT2D eigenvalue weighted by Gasteiger charge is 2.25. The van der Waals surface area contributed by atoms with Crippen LogP contribution in [-0.4, -0.2) is 44.6 Å². The van der Waals surface area contributed by atoms with Crippen molar-refractivity contribution in [2.75, 3.05) is 13.2 Å². The lowest BCUT2D eigenvalue weighted by Gasteiger charge is -2.17. The van der Waals surface area contributed by atoms with Crippen LogP contribution in [0.25, 0.3) is 6.08 Å². The molecule has 1 atom stereocenters. The second-order valence-electron chi connectivity index (χ2n) is 7.01. The van der Waals surface area contributed by atoms with E-state index in [1.54, 1.807) is 13.0 Å². The summed E-state index contributed by atoms with van der Waals surface area (Å²) in [5.41, 5.74) is 2.34. The van der Waals surface area contributed by atoms with Crippen molar-refractivity contribution in [2.24, 2.45) is 0 Å². The maximum Gasteiger partial charge on any atom is 0.261 e. The Labute approximate surface area is 199 Å². The van der Waals surface area contributed by atoms with Gasteiger partial charge in [-0.1, -0.05) is 36.3 Å². The van der Waals surface area contributed by atoms with Crippen molar-refractivity contribution in [2.45, 2.75) is 30.7 Å². The molecule has 180 valence electrons. The molecule has 2 rings (SSSR count). The summed E-state index contributed by atoms with van der Waals surface area (Å²) in [6.07, 6.45) is 3.39. The van der Waals surface area contributed by atoms with Gasteiger partial charge in [0.25, 0.3) is 5.91 Å².